The normalized spacial score (nSPS) is 16.0. The molecule has 0 spiro atoms. The molecule has 0 bridgehead atoms. The zero-order valence-corrected chi connectivity index (χ0v) is 18.3. The maximum Gasteiger partial charge on any atom is 0.241 e. The largest absolute Gasteiger partial charge is 0.493 e. The van der Waals surface area contributed by atoms with Gasteiger partial charge in [-0.2, -0.15) is 0 Å². The van der Waals surface area contributed by atoms with E-state index in [1.807, 2.05) is 36.4 Å². The molecule has 1 atom stereocenters. The van der Waals surface area contributed by atoms with Crippen molar-refractivity contribution >= 4 is 45.8 Å². The minimum absolute atomic E-state index is 0.0266. The molecule has 0 N–H and O–H groups in total. The van der Waals surface area contributed by atoms with Crippen molar-refractivity contribution < 1.29 is 14.3 Å². The van der Waals surface area contributed by atoms with Crippen LogP contribution in [0.2, 0.25) is 5.02 Å². The van der Waals surface area contributed by atoms with Gasteiger partial charge < -0.3 is 9.47 Å². The summed E-state index contributed by atoms with van der Waals surface area (Å²) in [5.41, 5.74) is 2.05. The first-order valence-corrected chi connectivity index (χ1v) is 10.7. The van der Waals surface area contributed by atoms with Crippen molar-refractivity contribution in [3.63, 3.8) is 0 Å². The van der Waals surface area contributed by atoms with Gasteiger partial charge in [0.25, 0.3) is 0 Å². The van der Waals surface area contributed by atoms with Crippen molar-refractivity contribution in [1.29, 1.82) is 0 Å². The summed E-state index contributed by atoms with van der Waals surface area (Å²) in [5.74, 6) is 3.32. The van der Waals surface area contributed by atoms with Crippen LogP contribution in [0.3, 0.4) is 0 Å². The van der Waals surface area contributed by atoms with E-state index in [4.69, 9.17) is 39.7 Å². The van der Waals surface area contributed by atoms with Crippen LogP contribution in [0.5, 0.6) is 11.5 Å². The van der Waals surface area contributed by atoms with Gasteiger partial charge in [0, 0.05) is 6.54 Å². The molecule has 0 radical (unpaired) electrons. The molecule has 0 unspecified atom stereocenters. The van der Waals surface area contributed by atoms with Gasteiger partial charge in [-0.15, -0.1) is 6.42 Å². The molecule has 150 valence electrons. The Morgan fingerprint density at radius 3 is 2.72 bits per heavy atom. The first kappa shape index (κ1) is 21.5. The van der Waals surface area contributed by atoms with Crippen molar-refractivity contribution in [2.45, 2.75) is 18.1 Å². The van der Waals surface area contributed by atoms with Crippen LogP contribution in [-0.2, 0) is 17.6 Å². The second kappa shape index (κ2) is 10.0. The number of thiocarbonyl (C=S) groups is 1. The number of hydrogen-bond donors (Lipinski definition) is 0. The lowest BCUT2D eigenvalue weighted by molar-refractivity contribution is -0.126. The summed E-state index contributed by atoms with van der Waals surface area (Å²) in [5, 5.41) is 0.116. The molecule has 29 heavy (non-hydrogen) atoms. The van der Waals surface area contributed by atoms with Gasteiger partial charge in [0.2, 0.25) is 5.91 Å². The van der Waals surface area contributed by atoms with Gasteiger partial charge in [0.05, 0.1) is 17.4 Å². The van der Waals surface area contributed by atoms with Crippen LogP contribution >= 0.6 is 35.6 Å². The topological polar surface area (TPSA) is 38.8 Å². The van der Waals surface area contributed by atoms with Gasteiger partial charge in [-0.25, -0.2) is 0 Å². The Morgan fingerprint density at radius 1 is 1.28 bits per heavy atom. The van der Waals surface area contributed by atoms with Crippen molar-refractivity contribution in [3.05, 3.63) is 58.6 Å². The molecule has 1 aliphatic heterocycles. The fourth-order valence-electron chi connectivity index (χ4n) is 3.07. The number of benzene rings is 2. The Balaban J connectivity index is 1.69. The van der Waals surface area contributed by atoms with Crippen molar-refractivity contribution in [3.8, 4) is 23.8 Å². The number of carbonyl (C=O) groups excluding carboxylic acids is 1. The molecule has 2 aromatic rings. The highest BCUT2D eigenvalue weighted by atomic mass is 35.5. The second-order valence-corrected chi connectivity index (χ2v) is 8.65. The minimum atomic E-state index is -0.281. The Hall–Kier alpha value is -2.20. The van der Waals surface area contributed by atoms with Crippen molar-refractivity contribution in [2.24, 2.45) is 0 Å². The molecular weight excluding hydrogens is 426 g/mol. The Labute approximate surface area is 185 Å². The van der Waals surface area contributed by atoms with Crippen LogP contribution in [-0.4, -0.2) is 40.6 Å². The Kier molecular flexibility index (Phi) is 7.43. The summed E-state index contributed by atoms with van der Waals surface area (Å²) in [6.45, 7) is 0.672. The van der Waals surface area contributed by atoms with E-state index < -0.39 is 0 Å². The van der Waals surface area contributed by atoms with Crippen LogP contribution < -0.4 is 9.47 Å². The van der Waals surface area contributed by atoms with E-state index in [0.29, 0.717) is 33.8 Å². The lowest BCUT2D eigenvalue weighted by atomic mass is 10.1. The summed E-state index contributed by atoms with van der Waals surface area (Å²) in [6.07, 6.45) is 6.51. The number of amides is 1. The lowest BCUT2D eigenvalue weighted by Gasteiger charge is -2.16. The first-order chi connectivity index (χ1) is 14.0. The summed E-state index contributed by atoms with van der Waals surface area (Å²) in [4.78, 5) is 14.6. The molecular formula is C22H20ClNO3S2. The van der Waals surface area contributed by atoms with Gasteiger partial charge in [-0.1, -0.05) is 71.8 Å². The van der Waals surface area contributed by atoms with E-state index in [9.17, 15) is 4.79 Å². The maximum absolute atomic E-state index is 12.9. The molecule has 1 fully saturated rings. The number of carbonyl (C=O) groups is 1. The fraction of sp³-hybridized carbons (Fsp3) is 0.273. The number of thioether (sulfide) groups is 1. The average Bonchev–Trinajstić information content (AvgIpc) is 2.98. The third-order valence-corrected chi connectivity index (χ3v) is 6.35. The number of rotatable bonds is 8. The van der Waals surface area contributed by atoms with Gasteiger partial charge in [-0.3, -0.25) is 9.69 Å². The van der Waals surface area contributed by atoms with E-state index in [2.05, 4.69) is 5.92 Å². The molecule has 0 aliphatic carbocycles. The molecule has 1 aliphatic rings. The van der Waals surface area contributed by atoms with Gasteiger partial charge in [-0.05, 0) is 36.1 Å². The van der Waals surface area contributed by atoms with Crippen LogP contribution in [0, 0.1) is 12.3 Å². The van der Waals surface area contributed by atoms with Crippen LogP contribution in [0.25, 0.3) is 0 Å². The second-order valence-electron chi connectivity index (χ2n) is 6.40. The molecule has 0 saturated carbocycles. The zero-order chi connectivity index (χ0) is 20.8. The maximum atomic E-state index is 12.9. The minimum Gasteiger partial charge on any atom is -0.493 e. The van der Waals surface area contributed by atoms with Gasteiger partial charge in [0.15, 0.2) is 11.5 Å². The predicted octanol–water partition coefficient (Wildman–Crippen LogP) is 4.37. The molecule has 0 aromatic heterocycles. The third kappa shape index (κ3) is 5.24. The van der Waals surface area contributed by atoms with Crippen molar-refractivity contribution in [2.75, 3.05) is 20.3 Å². The van der Waals surface area contributed by atoms with Crippen LogP contribution in [0.1, 0.15) is 11.1 Å². The van der Waals surface area contributed by atoms with Crippen LogP contribution in [0.15, 0.2) is 42.5 Å². The average molecular weight is 446 g/mol. The first-order valence-electron chi connectivity index (χ1n) is 9.02. The van der Waals surface area contributed by atoms with E-state index in [-0.39, 0.29) is 17.8 Å². The highest BCUT2D eigenvalue weighted by molar-refractivity contribution is 8.24. The van der Waals surface area contributed by atoms with Crippen molar-refractivity contribution in [1.82, 2.24) is 4.90 Å². The van der Waals surface area contributed by atoms with E-state index >= 15 is 0 Å². The number of nitrogens with zero attached hydrogens (tertiary/aromatic N) is 1. The zero-order valence-electron chi connectivity index (χ0n) is 15.9. The summed E-state index contributed by atoms with van der Waals surface area (Å²) in [7, 11) is 1.54. The van der Waals surface area contributed by atoms with Gasteiger partial charge >= 0.3 is 0 Å². The summed E-state index contributed by atoms with van der Waals surface area (Å²) in [6, 6.07) is 13.7. The standard InChI is InChI=1S/C22H20ClNO3S2/c1-3-11-27-20-17(23)12-16(13-18(20)26-2)14-19-21(25)24(22(28)29-19)10-9-15-7-5-4-6-8-15/h1,4-8,12-13,19H,9-11,14H2,2H3/t19-/m1/s1. The highest BCUT2D eigenvalue weighted by Crippen LogP contribution is 2.38. The number of hydrogen-bond acceptors (Lipinski definition) is 5. The number of ether oxygens (including phenoxy) is 2. The molecule has 1 amide bonds. The van der Waals surface area contributed by atoms with E-state index in [1.165, 1.54) is 24.4 Å². The molecule has 2 aromatic carbocycles. The highest BCUT2D eigenvalue weighted by Gasteiger charge is 2.36. The molecule has 7 heteroatoms. The number of terminal acetylenes is 1. The molecule has 1 saturated heterocycles. The molecule has 4 nitrogen and oxygen atoms in total. The molecule has 3 rings (SSSR count). The van der Waals surface area contributed by atoms with E-state index in [1.54, 1.807) is 11.0 Å². The monoisotopic (exact) mass is 445 g/mol. The number of methoxy groups -OCH3 is 1. The fourth-order valence-corrected chi connectivity index (χ4v) is 4.95. The smallest absolute Gasteiger partial charge is 0.241 e. The summed E-state index contributed by atoms with van der Waals surface area (Å²) >= 11 is 13.2. The summed E-state index contributed by atoms with van der Waals surface area (Å²) < 4.78 is 11.5. The Morgan fingerprint density at radius 2 is 2.03 bits per heavy atom. The van der Waals surface area contributed by atoms with Gasteiger partial charge in [0.1, 0.15) is 10.9 Å². The Bertz CT molecular complexity index is 943. The number of halogens is 1. The predicted molar refractivity (Wildman–Crippen MR) is 122 cm³/mol. The van der Waals surface area contributed by atoms with Crippen LogP contribution in [0.4, 0.5) is 0 Å². The SMILES string of the molecule is C#CCOc1c(Cl)cc(C[C@H]2SC(=S)N(CCc3ccccc3)C2=O)cc1OC. The third-order valence-electron chi connectivity index (χ3n) is 4.48. The quantitative estimate of drug-likeness (QED) is 0.445. The lowest BCUT2D eigenvalue weighted by Crippen LogP contribution is -2.33. The van der Waals surface area contributed by atoms with E-state index in [0.717, 1.165) is 12.0 Å². The molecule has 1 heterocycles.